The molecule has 2 saturated carbocycles. The van der Waals surface area contributed by atoms with Crippen molar-refractivity contribution in [2.75, 3.05) is 6.54 Å². The Hall–Kier alpha value is -0.820. The Bertz CT molecular complexity index is 362. The molecule has 1 heteroatoms. The minimum absolute atomic E-state index is 0.605. The third kappa shape index (κ3) is 2.71. The van der Waals surface area contributed by atoms with Gasteiger partial charge in [-0.25, -0.2) is 0 Å². The number of benzene rings is 1. The fourth-order valence-corrected chi connectivity index (χ4v) is 3.00. The average molecular weight is 229 g/mol. The standard InChI is InChI=1S/C16H23N/c1-13(11-14-5-3-2-4-6-14)17-12-16(9-10-16)15-7-8-15/h2-6,13,15,17H,7-12H2,1H3. The summed E-state index contributed by atoms with van der Waals surface area (Å²) in [5, 5.41) is 3.76. The largest absolute Gasteiger partial charge is 0.313 e. The van der Waals surface area contributed by atoms with Gasteiger partial charge in [0.25, 0.3) is 0 Å². The minimum Gasteiger partial charge on any atom is -0.313 e. The normalized spacial score (nSPS) is 23.4. The van der Waals surface area contributed by atoms with Crippen LogP contribution < -0.4 is 5.32 Å². The Morgan fingerprint density at radius 3 is 2.53 bits per heavy atom. The van der Waals surface area contributed by atoms with Gasteiger partial charge in [0.05, 0.1) is 0 Å². The molecule has 0 bridgehead atoms. The summed E-state index contributed by atoms with van der Waals surface area (Å²) in [5.41, 5.74) is 2.18. The van der Waals surface area contributed by atoms with Crippen LogP contribution in [0.25, 0.3) is 0 Å². The molecule has 3 rings (SSSR count). The summed E-state index contributed by atoms with van der Waals surface area (Å²) in [5.74, 6) is 1.07. The number of rotatable bonds is 6. The molecule has 1 nitrogen and oxygen atoms in total. The first-order valence-corrected chi connectivity index (χ1v) is 7.06. The molecule has 0 aromatic heterocycles. The van der Waals surface area contributed by atoms with E-state index < -0.39 is 0 Å². The molecule has 0 spiro atoms. The molecule has 2 aliphatic carbocycles. The van der Waals surface area contributed by atoms with Crippen molar-refractivity contribution in [2.45, 2.75) is 45.1 Å². The molecule has 0 amide bonds. The van der Waals surface area contributed by atoms with Gasteiger partial charge in [0, 0.05) is 12.6 Å². The van der Waals surface area contributed by atoms with Crippen LogP contribution >= 0.6 is 0 Å². The molecule has 1 unspecified atom stereocenters. The van der Waals surface area contributed by atoms with Gasteiger partial charge in [-0.05, 0) is 55.9 Å². The molecule has 2 aliphatic rings. The molecule has 1 aromatic rings. The molecule has 1 N–H and O–H groups in total. The van der Waals surface area contributed by atoms with Gasteiger partial charge in [0.15, 0.2) is 0 Å². The van der Waals surface area contributed by atoms with Crippen molar-refractivity contribution in [3.05, 3.63) is 35.9 Å². The first-order valence-electron chi connectivity index (χ1n) is 7.06. The Labute approximate surface area is 105 Å². The summed E-state index contributed by atoms with van der Waals surface area (Å²) >= 11 is 0. The highest BCUT2D eigenvalue weighted by molar-refractivity contribution is 5.15. The van der Waals surface area contributed by atoms with Crippen LogP contribution in [-0.4, -0.2) is 12.6 Å². The van der Waals surface area contributed by atoms with E-state index in [1.165, 1.54) is 37.8 Å². The van der Waals surface area contributed by atoms with Crippen molar-refractivity contribution in [1.29, 1.82) is 0 Å². The van der Waals surface area contributed by atoms with Gasteiger partial charge in [0.1, 0.15) is 0 Å². The third-order valence-corrected chi connectivity index (χ3v) is 4.52. The second kappa shape index (κ2) is 4.45. The van der Waals surface area contributed by atoms with Crippen molar-refractivity contribution in [3.8, 4) is 0 Å². The van der Waals surface area contributed by atoms with Crippen LogP contribution in [0.3, 0.4) is 0 Å². The van der Waals surface area contributed by atoms with Crippen LogP contribution in [0, 0.1) is 11.3 Å². The summed E-state index contributed by atoms with van der Waals surface area (Å²) in [6.07, 6.45) is 7.09. The Morgan fingerprint density at radius 1 is 1.24 bits per heavy atom. The monoisotopic (exact) mass is 229 g/mol. The van der Waals surface area contributed by atoms with E-state index in [1.54, 1.807) is 0 Å². The van der Waals surface area contributed by atoms with Gasteiger partial charge in [-0.3, -0.25) is 0 Å². The Morgan fingerprint density at radius 2 is 1.94 bits per heavy atom. The van der Waals surface area contributed by atoms with E-state index in [4.69, 9.17) is 0 Å². The molecule has 0 saturated heterocycles. The topological polar surface area (TPSA) is 12.0 Å². The molecular weight excluding hydrogens is 206 g/mol. The smallest absolute Gasteiger partial charge is 0.00793 e. The first-order chi connectivity index (χ1) is 8.28. The quantitative estimate of drug-likeness (QED) is 0.788. The zero-order valence-electron chi connectivity index (χ0n) is 10.8. The summed E-state index contributed by atoms with van der Waals surface area (Å²) in [6, 6.07) is 11.4. The predicted octanol–water partition coefficient (Wildman–Crippen LogP) is 3.40. The van der Waals surface area contributed by atoms with Crippen LogP contribution in [0.1, 0.15) is 38.2 Å². The average Bonchev–Trinajstić information content (AvgIpc) is 3.20. The van der Waals surface area contributed by atoms with E-state index in [2.05, 4.69) is 42.6 Å². The molecule has 0 heterocycles. The predicted molar refractivity (Wildman–Crippen MR) is 72.0 cm³/mol. The van der Waals surface area contributed by atoms with E-state index in [-0.39, 0.29) is 0 Å². The SMILES string of the molecule is CC(Cc1ccccc1)NCC1(C2CC2)CC1. The summed E-state index contributed by atoms with van der Waals surface area (Å²) in [6.45, 7) is 3.57. The highest BCUT2D eigenvalue weighted by Gasteiger charge is 2.53. The zero-order valence-corrected chi connectivity index (χ0v) is 10.8. The van der Waals surface area contributed by atoms with Gasteiger partial charge >= 0.3 is 0 Å². The van der Waals surface area contributed by atoms with Crippen molar-refractivity contribution < 1.29 is 0 Å². The van der Waals surface area contributed by atoms with Crippen molar-refractivity contribution in [2.24, 2.45) is 11.3 Å². The van der Waals surface area contributed by atoms with Crippen LogP contribution in [0.5, 0.6) is 0 Å². The summed E-state index contributed by atoms with van der Waals surface area (Å²) in [7, 11) is 0. The van der Waals surface area contributed by atoms with E-state index in [0.717, 1.165) is 17.8 Å². The fraction of sp³-hybridized carbons (Fsp3) is 0.625. The van der Waals surface area contributed by atoms with Gasteiger partial charge in [-0.15, -0.1) is 0 Å². The van der Waals surface area contributed by atoms with Crippen LogP contribution in [-0.2, 0) is 6.42 Å². The number of hydrogen-bond donors (Lipinski definition) is 1. The summed E-state index contributed by atoms with van der Waals surface area (Å²) < 4.78 is 0. The van der Waals surface area contributed by atoms with Crippen molar-refractivity contribution in [3.63, 3.8) is 0 Å². The lowest BCUT2D eigenvalue weighted by molar-refractivity contribution is 0.378. The molecule has 92 valence electrons. The second-order valence-corrected chi connectivity index (χ2v) is 6.11. The lowest BCUT2D eigenvalue weighted by Crippen LogP contribution is -2.34. The lowest BCUT2D eigenvalue weighted by atomic mass is 9.99. The first kappa shape index (κ1) is 11.3. The molecule has 17 heavy (non-hydrogen) atoms. The van der Waals surface area contributed by atoms with E-state index >= 15 is 0 Å². The molecule has 1 atom stereocenters. The highest BCUT2D eigenvalue weighted by atomic mass is 14.9. The number of nitrogens with one attached hydrogen (secondary N) is 1. The maximum absolute atomic E-state index is 3.76. The third-order valence-electron chi connectivity index (χ3n) is 4.52. The van der Waals surface area contributed by atoms with Crippen LogP contribution in [0.15, 0.2) is 30.3 Å². The molecule has 0 radical (unpaired) electrons. The molecule has 0 aliphatic heterocycles. The Kier molecular flexibility index (Phi) is 2.96. The van der Waals surface area contributed by atoms with Crippen molar-refractivity contribution in [1.82, 2.24) is 5.32 Å². The van der Waals surface area contributed by atoms with Gasteiger partial charge in [-0.1, -0.05) is 30.3 Å². The molecule has 2 fully saturated rings. The fourth-order valence-electron chi connectivity index (χ4n) is 3.00. The van der Waals surface area contributed by atoms with Gasteiger partial charge in [0.2, 0.25) is 0 Å². The minimum atomic E-state index is 0.605. The maximum Gasteiger partial charge on any atom is 0.00793 e. The highest BCUT2D eigenvalue weighted by Crippen LogP contribution is 2.60. The van der Waals surface area contributed by atoms with E-state index in [0.29, 0.717) is 6.04 Å². The van der Waals surface area contributed by atoms with Crippen LogP contribution in [0.4, 0.5) is 0 Å². The van der Waals surface area contributed by atoms with E-state index in [9.17, 15) is 0 Å². The second-order valence-electron chi connectivity index (χ2n) is 6.11. The Balaban J connectivity index is 1.46. The van der Waals surface area contributed by atoms with Gasteiger partial charge < -0.3 is 5.32 Å². The zero-order chi connectivity index (χ0) is 11.7. The van der Waals surface area contributed by atoms with E-state index in [1.807, 2.05) is 0 Å². The molecule has 1 aromatic carbocycles. The van der Waals surface area contributed by atoms with Crippen LogP contribution in [0.2, 0.25) is 0 Å². The van der Waals surface area contributed by atoms with Crippen molar-refractivity contribution >= 4 is 0 Å². The summed E-state index contributed by atoms with van der Waals surface area (Å²) in [4.78, 5) is 0. The maximum atomic E-state index is 3.76. The number of hydrogen-bond acceptors (Lipinski definition) is 1. The van der Waals surface area contributed by atoms with Gasteiger partial charge in [-0.2, -0.15) is 0 Å². The molecular formula is C16H23N. The lowest BCUT2D eigenvalue weighted by Gasteiger charge is -2.20.